The summed E-state index contributed by atoms with van der Waals surface area (Å²) in [6.45, 7) is 17.6. The molecule has 3 saturated heterocycles. The van der Waals surface area contributed by atoms with Gasteiger partial charge in [-0.25, -0.2) is 14.4 Å². The van der Waals surface area contributed by atoms with Gasteiger partial charge >= 0.3 is 17.9 Å². The molecule has 0 aromatic carbocycles. The monoisotopic (exact) mass is 1140 g/mol. The number of carbonyl (C=O) groups is 3. The zero-order valence-corrected chi connectivity index (χ0v) is 47.9. The van der Waals surface area contributed by atoms with Crippen LogP contribution < -0.4 is 0 Å². The number of esters is 2. The number of hydrogen-bond acceptors (Lipinski definition) is 21. The van der Waals surface area contributed by atoms with Crippen molar-refractivity contribution in [1.29, 1.82) is 0 Å². The lowest BCUT2D eigenvalue weighted by molar-refractivity contribution is -0.344. The molecule has 5 aliphatic carbocycles. The number of carboxylic acid groups (broad SMARTS) is 1. The molecule has 11 N–H and O–H groups in total. The van der Waals surface area contributed by atoms with Crippen molar-refractivity contribution in [3.63, 3.8) is 0 Å². The highest BCUT2D eigenvalue weighted by molar-refractivity contribution is 5.88. The molecule has 4 saturated carbocycles. The van der Waals surface area contributed by atoms with Crippen molar-refractivity contribution in [2.75, 3.05) is 26.4 Å². The quantitative estimate of drug-likeness (QED) is 0.0631. The fourth-order valence-corrected chi connectivity index (χ4v) is 16.3. The van der Waals surface area contributed by atoms with Gasteiger partial charge in [0.05, 0.1) is 38.6 Å². The van der Waals surface area contributed by atoms with Crippen LogP contribution in [-0.4, -0.2) is 205 Å². The molecule has 0 aromatic heterocycles. The Kier molecular flexibility index (Phi) is 18.5. The predicted octanol–water partition coefficient (Wildman–Crippen LogP) is 1.68. The maximum atomic E-state index is 13.8. The van der Waals surface area contributed by atoms with Crippen molar-refractivity contribution in [2.24, 2.45) is 50.2 Å². The number of aliphatic hydroxyl groups excluding tert-OH is 10. The molecule has 7 fully saturated rings. The van der Waals surface area contributed by atoms with Crippen LogP contribution in [0.3, 0.4) is 0 Å². The number of carbonyl (C=O) groups excluding carboxylic acids is 2. The van der Waals surface area contributed by atoms with E-state index in [9.17, 15) is 70.6 Å². The molecule has 8 rings (SSSR count). The summed E-state index contributed by atoms with van der Waals surface area (Å²) in [6, 6.07) is 0. The van der Waals surface area contributed by atoms with Gasteiger partial charge in [0.2, 0.25) is 0 Å². The first-order chi connectivity index (χ1) is 37.5. The number of ether oxygens (including phenoxy) is 8. The first-order valence-electron chi connectivity index (χ1n) is 28.6. The van der Waals surface area contributed by atoms with Crippen molar-refractivity contribution in [3.8, 4) is 0 Å². The third-order valence-corrected chi connectivity index (χ3v) is 21.6. The van der Waals surface area contributed by atoms with E-state index < -0.39 is 169 Å². The van der Waals surface area contributed by atoms with Gasteiger partial charge in [0.25, 0.3) is 0 Å². The van der Waals surface area contributed by atoms with Crippen LogP contribution in [0.1, 0.15) is 127 Å². The highest BCUT2D eigenvalue weighted by atomic mass is 16.8. The van der Waals surface area contributed by atoms with Crippen LogP contribution >= 0.6 is 0 Å². The summed E-state index contributed by atoms with van der Waals surface area (Å²) in [5.41, 5.74) is -1.94. The number of allylic oxidation sites excluding steroid dienone is 4. The van der Waals surface area contributed by atoms with E-state index in [2.05, 4.69) is 26.8 Å². The molecule has 11 unspecified atom stereocenters. The molecule has 0 spiro atoms. The number of aliphatic hydroxyl groups is 10. The molecule has 3 heterocycles. The van der Waals surface area contributed by atoms with Crippen LogP contribution in [0.2, 0.25) is 0 Å². The highest BCUT2D eigenvalue weighted by Crippen LogP contribution is 2.76. The van der Waals surface area contributed by atoms with Crippen molar-refractivity contribution >= 4 is 17.9 Å². The number of fused-ring (bicyclic) bond motifs is 7. The van der Waals surface area contributed by atoms with Crippen molar-refractivity contribution in [3.05, 3.63) is 34.9 Å². The predicted molar refractivity (Wildman–Crippen MR) is 280 cm³/mol. The van der Waals surface area contributed by atoms with Gasteiger partial charge in [-0.15, -0.1) is 0 Å². The van der Waals surface area contributed by atoms with Crippen molar-refractivity contribution in [2.45, 2.75) is 231 Å². The van der Waals surface area contributed by atoms with Crippen molar-refractivity contribution in [1.82, 2.24) is 0 Å². The van der Waals surface area contributed by atoms with Crippen molar-refractivity contribution < 1.29 is 108 Å². The van der Waals surface area contributed by atoms with Crippen LogP contribution in [-0.2, 0) is 52.3 Å². The highest BCUT2D eigenvalue weighted by Gasteiger charge is 2.72. The Balaban J connectivity index is 1.12. The molecule has 0 radical (unpaired) electrons. The summed E-state index contributed by atoms with van der Waals surface area (Å²) in [5.74, 6) is -3.13. The Labute approximate surface area is 468 Å². The molecular formula is C58H90O22. The summed E-state index contributed by atoms with van der Waals surface area (Å²) in [7, 11) is 0. The average Bonchev–Trinajstić information content (AvgIpc) is 2.47. The van der Waals surface area contributed by atoms with Gasteiger partial charge in [0, 0.05) is 33.8 Å². The lowest BCUT2D eigenvalue weighted by Gasteiger charge is -2.72. The summed E-state index contributed by atoms with van der Waals surface area (Å²) < 4.78 is 49.4. The van der Waals surface area contributed by atoms with E-state index in [0.717, 1.165) is 0 Å². The Morgan fingerprint density at radius 1 is 0.637 bits per heavy atom. The van der Waals surface area contributed by atoms with E-state index in [1.54, 1.807) is 39.8 Å². The van der Waals surface area contributed by atoms with E-state index in [1.807, 2.05) is 20.8 Å². The van der Waals surface area contributed by atoms with E-state index in [1.165, 1.54) is 5.57 Å². The second-order valence-corrected chi connectivity index (χ2v) is 26.1. The lowest BCUT2D eigenvalue weighted by Crippen LogP contribution is -2.69. The summed E-state index contributed by atoms with van der Waals surface area (Å²) in [5, 5.41) is 120. The molecule has 22 nitrogen and oxygen atoms in total. The van der Waals surface area contributed by atoms with Crippen LogP contribution in [0.5, 0.6) is 0 Å². The number of rotatable bonds is 15. The van der Waals surface area contributed by atoms with Gasteiger partial charge < -0.3 is 94.1 Å². The molecule has 80 heavy (non-hydrogen) atoms. The average molecular weight is 1140 g/mol. The van der Waals surface area contributed by atoms with E-state index in [4.69, 9.17) is 37.9 Å². The summed E-state index contributed by atoms with van der Waals surface area (Å²) in [4.78, 5) is 40.4. The molecule has 3 aliphatic heterocycles. The zero-order valence-electron chi connectivity index (χ0n) is 47.9. The fraction of sp³-hybridized carbons (Fsp3) is 0.845. The lowest BCUT2D eigenvalue weighted by atomic mass is 9.33. The van der Waals surface area contributed by atoms with Crippen LogP contribution in [0, 0.1) is 50.2 Å². The van der Waals surface area contributed by atoms with Crippen LogP contribution in [0.25, 0.3) is 0 Å². The van der Waals surface area contributed by atoms with Gasteiger partial charge in [-0.05, 0) is 113 Å². The third-order valence-electron chi connectivity index (χ3n) is 21.6. The minimum atomic E-state index is -2.10. The molecular weight excluding hydrogens is 1050 g/mol. The molecule has 0 amide bonds. The number of aliphatic carboxylic acids is 1. The number of hydrogen-bond donors (Lipinski definition) is 11. The first kappa shape index (κ1) is 63.0. The Bertz CT molecular complexity index is 2360. The van der Waals surface area contributed by atoms with Crippen LogP contribution in [0.4, 0.5) is 0 Å². The normalized spacial score (nSPS) is 48.5. The molecule has 0 aromatic rings. The van der Waals surface area contributed by atoms with E-state index >= 15 is 0 Å². The Morgan fingerprint density at radius 2 is 1.20 bits per heavy atom. The summed E-state index contributed by atoms with van der Waals surface area (Å²) in [6.07, 6.45) is -17.2. The third kappa shape index (κ3) is 10.4. The Hall–Kier alpha value is -3.01. The minimum Gasteiger partial charge on any atom is -0.479 e. The topological polar surface area (TPSA) is 348 Å². The molecule has 454 valence electrons. The largest absolute Gasteiger partial charge is 0.479 e. The zero-order chi connectivity index (χ0) is 59.0. The van der Waals surface area contributed by atoms with Gasteiger partial charge in [0.1, 0.15) is 67.1 Å². The second-order valence-electron chi connectivity index (χ2n) is 26.1. The first-order valence-corrected chi connectivity index (χ1v) is 28.6. The summed E-state index contributed by atoms with van der Waals surface area (Å²) >= 11 is 0. The molecule has 0 bridgehead atoms. The van der Waals surface area contributed by atoms with Gasteiger partial charge in [-0.1, -0.05) is 65.3 Å². The second kappa shape index (κ2) is 23.5. The van der Waals surface area contributed by atoms with E-state index in [0.29, 0.717) is 62.5 Å². The maximum absolute atomic E-state index is 13.8. The SMILES string of the molecule is C/C=C(/C)C(=O)O[C@H]1[C@H](OC(=O)/C(C)=C\C)[C@]2(CO)CC[C@]3(C)C(=CCC4[C@@]5(C)CC[C@H](O[C@@H]6OC(C(=O)O)[C@@H](O)C(O[C@@H]7O[C@@H](CO)C(O)C7O)CC6O[C@@H]6OC(CO)[C@@H](O)C(O)C6O)[C@](C)(CO)C5CC[C@]43C)C2CC1(C)C. The minimum absolute atomic E-state index is 0.0500. The smallest absolute Gasteiger partial charge is 0.335 e. The standard InChI is InChI=1S/C58H90O22/c1-11-27(3)48(71)79-45-46(80-49(72)28(4)12-2)58(26-62)20-19-56(9)29(30(58)22-53(45,5)6)13-14-36-54(7)17-16-37(55(8,25-61)35(54)15-18-57(36,56)10)77-50-32(74-52-43(68)41(66)38(63)33(23-59)75-52)21-31(40(65)44(78-50)47(69)70)73-51-42(67)39(64)34(24-60)76-51/h11-13,30-46,50-52,59-68H,14-26H2,1-10H3,(H,69,70)/b27-11-,28-12-/t30?,31?,32?,33?,34-,35?,36?,37-,38+,39?,40-,41?,42?,43?,44?,45-,46-,50+,51+,52+,54-,55+,56+,57+,58-/m0/s1. The van der Waals surface area contributed by atoms with Gasteiger partial charge in [-0.2, -0.15) is 0 Å². The molecule has 25 atom stereocenters. The Morgan fingerprint density at radius 3 is 1.75 bits per heavy atom. The maximum Gasteiger partial charge on any atom is 0.335 e. The fourth-order valence-electron chi connectivity index (χ4n) is 16.3. The molecule has 8 aliphatic rings. The van der Waals surface area contributed by atoms with Gasteiger partial charge in [-0.3, -0.25) is 0 Å². The molecule has 22 heteroatoms. The number of carboxylic acids is 1. The van der Waals surface area contributed by atoms with E-state index in [-0.39, 0.29) is 36.4 Å². The van der Waals surface area contributed by atoms with Crippen LogP contribution in [0.15, 0.2) is 34.9 Å². The van der Waals surface area contributed by atoms with Gasteiger partial charge in [0.15, 0.2) is 25.0 Å².